The summed E-state index contributed by atoms with van der Waals surface area (Å²) in [6, 6.07) is 12.6. The Kier molecular flexibility index (Phi) is 4.24. The van der Waals surface area contributed by atoms with E-state index < -0.39 is 0 Å². The van der Waals surface area contributed by atoms with Crippen LogP contribution < -0.4 is 0 Å². The van der Waals surface area contributed by atoms with Crippen molar-refractivity contribution in [2.24, 2.45) is 0 Å². The lowest BCUT2D eigenvalue weighted by atomic mass is 10.2. The number of thioether (sulfide) groups is 1. The average Bonchev–Trinajstić information content (AvgIpc) is 2.25. The average molecular weight is 308 g/mol. The molecule has 0 amide bonds. The van der Waals surface area contributed by atoms with E-state index in [4.69, 9.17) is 0 Å². The van der Waals surface area contributed by atoms with Crippen LogP contribution in [0.2, 0.25) is 0 Å². The Morgan fingerprint density at radius 1 is 1.18 bits per heavy atom. The molecule has 0 aliphatic heterocycles. The molecular formula is C14H14BrNS. The van der Waals surface area contributed by atoms with E-state index in [1.807, 2.05) is 13.0 Å². The van der Waals surface area contributed by atoms with E-state index in [1.54, 1.807) is 11.8 Å². The first-order chi connectivity index (χ1) is 8.13. The molecule has 88 valence electrons. The molecule has 1 aromatic heterocycles. The van der Waals surface area contributed by atoms with Crippen molar-refractivity contribution in [3.63, 3.8) is 0 Å². The lowest BCUT2D eigenvalue weighted by Crippen LogP contribution is -1.88. The standard InChI is InChI=1S/C14H14BrNS/c1-10-6-11(2)16-14(7-10)17-9-12-4-3-5-13(15)8-12/h3-8H,9H2,1-2H3. The van der Waals surface area contributed by atoms with Gasteiger partial charge in [0.15, 0.2) is 0 Å². The van der Waals surface area contributed by atoms with Crippen LogP contribution in [0.5, 0.6) is 0 Å². The van der Waals surface area contributed by atoms with Crippen LogP contribution in [0.3, 0.4) is 0 Å². The van der Waals surface area contributed by atoms with E-state index in [2.05, 4.69) is 58.2 Å². The third-order valence-corrected chi connectivity index (χ3v) is 3.83. The maximum absolute atomic E-state index is 4.52. The van der Waals surface area contributed by atoms with Gasteiger partial charge in [0.05, 0.1) is 5.03 Å². The zero-order valence-corrected chi connectivity index (χ0v) is 12.3. The largest absolute Gasteiger partial charge is 0.247 e. The Morgan fingerprint density at radius 2 is 2.00 bits per heavy atom. The Bertz CT molecular complexity index is 505. The van der Waals surface area contributed by atoms with Gasteiger partial charge in [-0.3, -0.25) is 0 Å². The van der Waals surface area contributed by atoms with E-state index in [-0.39, 0.29) is 0 Å². The van der Waals surface area contributed by atoms with Crippen LogP contribution in [0, 0.1) is 13.8 Å². The summed E-state index contributed by atoms with van der Waals surface area (Å²) in [5.41, 5.74) is 3.67. The molecule has 2 aromatic rings. The van der Waals surface area contributed by atoms with E-state index >= 15 is 0 Å². The lowest BCUT2D eigenvalue weighted by molar-refractivity contribution is 1.05. The van der Waals surface area contributed by atoms with Crippen molar-refractivity contribution in [3.05, 3.63) is 57.7 Å². The van der Waals surface area contributed by atoms with E-state index in [0.29, 0.717) is 0 Å². The second kappa shape index (κ2) is 5.69. The molecule has 0 saturated carbocycles. The van der Waals surface area contributed by atoms with Gasteiger partial charge < -0.3 is 0 Å². The molecule has 1 nitrogen and oxygen atoms in total. The van der Waals surface area contributed by atoms with Crippen LogP contribution in [0.15, 0.2) is 45.9 Å². The molecule has 17 heavy (non-hydrogen) atoms. The summed E-state index contributed by atoms with van der Waals surface area (Å²) in [5.74, 6) is 0.954. The number of hydrogen-bond donors (Lipinski definition) is 0. The smallest absolute Gasteiger partial charge is 0.0968 e. The fourth-order valence-corrected chi connectivity index (χ4v) is 3.08. The summed E-state index contributed by atoms with van der Waals surface area (Å²) < 4.78 is 1.13. The van der Waals surface area contributed by atoms with Crippen molar-refractivity contribution in [1.82, 2.24) is 4.98 Å². The second-order valence-corrected chi connectivity index (χ2v) is 5.95. The molecule has 3 heteroatoms. The maximum Gasteiger partial charge on any atom is 0.0968 e. The van der Waals surface area contributed by atoms with Crippen molar-refractivity contribution >= 4 is 27.7 Å². The van der Waals surface area contributed by atoms with Crippen molar-refractivity contribution in [3.8, 4) is 0 Å². The van der Waals surface area contributed by atoms with Gasteiger partial charge in [-0.2, -0.15) is 0 Å². The molecule has 0 saturated heterocycles. The number of pyridine rings is 1. The summed E-state index contributed by atoms with van der Waals surface area (Å²) >= 11 is 5.27. The van der Waals surface area contributed by atoms with Gasteiger partial charge in [-0.1, -0.05) is 28.1 Å². The Balaban J connectivity index is 2.07. The number of hydrogen-bond acceptors (Lipinski definition) is 2. The summed E-state index contributed by atoms with van der Waals surface area (Å²) in [6.45, 7) is 4.15. The highest BCUT2D eigenvalue weighted by Crippen LogP contribution is 2.23. The van der Waals surface area contributed by atoms with Crippen molar-refractivity contribution in [1.29, 1.82) is 0 Å². The van der Waals surface area contributed by atoms with Gasteiger partial charge in [-0.25, -0.2) is 4.98 Å². The molecule has 0 aliphatic carbocycles. The highest BCUT2D eigenvalue weighted by Gasteiger charge is 2.00. The number of halogens is 1. The van der Waals surface area contributed by atoms with E-state index in [9.17, 15) is 0 Å². The van der Waals surface area contributed by atoms with Gasteiger partial charge in [-0.05, 0) is 49.2 Å². The number of benzene rings is 1. The zero-order valence-electron chi connectivity index (χ0n) is 9.90. The monoisotopic (exact) mass is 307 g/mol. The minimum atomic E-state index is 0.954. The molecule has 1 heterocycles. The Hall–Kier alpha value is -0.800. The van der Waals surface area contributed by atoms with E-state index in [0.717, 1.165) is 20.9 Å². The molecule has 0 atom stereocenters. The minimum Gasteiger partial charge on any atom is -0.247 e. The normalized spacial score (nSPS) is 10.5. The molecule has 2 rings (SSSR count). The van der Waals surface area contributed by atoms with Gasteiger partial charge in [0.2, 0.25) is 0 Å². The quantitative estimate of drug-likeness (QED) is 0.759. The topological polar surface area (TPSA) is 12.9 Å². The van der Waals surface area contributed by atoms with Crippen molar-refractivity contribution in [2.75, 3.05) is 0 Å². The molecule has 0 aliphatic rings. The summed E-state index contributed by atoms with van der Waals surface area (Å²) in [7, 11) is 0. The third-order valence-electron chi connectivity index (χ3n) is 2.35. The molecule has 1 aromatic carbocycles. The molecule has 0 radical (unpaired) electrons. The first-order valence-electron chi connectivity index (χ1n) is 5.46. The van der Waals surface area contributed by atoms with Crippen LogP contribution in [0.25, 0.3) is 0 Å². The fourth-order valence-electron chi connectivity index (χ4n) is 1.66. The fraction of sp³-hybridized carbons (Fsp3) is 0.214. The molecule has 0 fully saturated rings. The summed E-state index contributed by atoms with van der Waals surface area (Å²) in [5, 5.41) is 1.10. The molecule has 0 N–H and O–H groups in total. The van der Waals surface area contributed by atoms with Gasteiger partial charge >= 0.3 is 0 Å². The zero-order chi connectivity index (χ0) is 12.3. The number of rotatable bonds is 3. The third kappa shape index (κ3) is 3.86. The van der Waals surface area contributed by atoms with Gasteiger partial charge in [-0.15, -0.1) is 11.8 Å². The van der Waals surface area contributed by atoms with Crippen LogP contribution in [0.1, 0.15) is 16.8 Å². The Labute approximate surface area is 115 Å². The second-order valence-electron chi connectivity index (χ2n) is 4.04. The first kappa shape index (κ1) is 12.7. The van der Waals surface area contributed by atoms with E-state index in [1.165, 1.54) is 11.1 Å². The SMILES string of the molecule is Cc1cc(C)nc(SCc2cccc(Br)c2)c1. The first-order valence-corrected chi connectivity index (χ1v) is 7.24. The van der Waals surface area contributed by atoms with Crippen LogP contribution in [-0.2, 0) is 5.75 Å². The minimum absolute atomic E-state index is 0.954. The molecule has 0 spiro atoms. The molecule has 0 unspecified atom stereocenters. The predicted octanol–water partition coefficient (Wildman–Crippen LogP) is 4.75. The molecular weight excluding hydrogens is 294 g/mol. The van der Waals surface area contributed by atoms with Gasteiger partial charge in [0, 0.05) is 15.9 Å². The summed E-state index contributed by atoms with van der Waals surface area (Å²) in [6.07, 6.45) is 0. The van der Waals surface area contributed by atoms with Crippen molar-refractivity contribution < 1.29 is 0 Å². The van der Waals surface area contributed by atoms with Gasteiger partial charge in [0.25, 0.3) is 0 Å². The highest BCUT2D eigenvalue weighted by molar-refractivity contribution is 9.10. The maximum atomic E-state index is 4.52. The number of aryl methyl sites for hydroxylation is 2. The number of aromatic nitrogens is 1. The number of nitrogens with zero attached hydrogens (tertiary/aromatic N) is 1. The lowest BCUT2D eigenvalue weighted by Gasteiger charge is -2.04. The Morgan fingerprint density at radius 3 is 2.71 bits per heavy atom. The highest BCUT2D eigenvalue weighted by atomic mass is 79.9. The van der Waals surface area contributed by atoms with Gasteiger partial charge in [0.1, 0.15) is 0 Å². The van der Waals surface area contributed by atoms with Crippen LogP contribution in [0.4, 0.5) is 0 Å². The molecule has 0 bridgehead atoms. The van der Waals surface area contributed by atoms with Crippen molar-refractivity contribution in [2.45, 2.75) is 24.6 Å². The predicted molar refractivity (Wildman–Crippen MR) is 77.4 cm³/mol. The van der Waals surface area contributed by atoms with Crippen LogP contribution >= 0.6 is 27.7 Å². The summed E-state index contributed by atoms with van der Waals surface area (Å²) in [4.78, 5) is 4.52. The van der Waals surface area contributed by atoms with Crippen LogP contribution in [-0.4, -0.2) is 4.98 Å².